The number of aliphatic hydroxyl groups is 2. The molecule has 0 aromatic heterocycles. The molecule has 2 nitrogen and oxygen atoms in total. The molecule has 4 rings (SSSR count). The fourth-order valence-corrected chi connectivity index (χ4v) is 7.60. The Bertz CT molecular complexity index is 753. The summed E-state index contributed by atoms with van der Waals surface area (Å²) in [6.07, 6.45) is 17.6. The third kappa shape index (κ3) is 3.56. The van der Waals surface area contributed by atoms with Gasteiger partial charge in [0.15, 0.2) is 0 Å². The molecule has 4 aliphatic carbocycles. The first kappa shape index (κ1) is 22.3. The summed E-state index contributed by atoms with van der Waals surface area (Å²) in [5, 5.41) is 20.5. The average Bonchev–Trinajstić information content (AvgIpc) is 3.03. The smallest absolute Gasteiger partial charge is 0.0651 e. The lowest BCUT2D eigenvalue weighted by Gasteiger charge is -2.55. The van der Waals surface area contributed by atoms with Crippen molar-refractivity contribution in [2.24, 2.45) is 40.4 Å². The number of hydrogen-bond donors (Lipinski definition) is 2. The minimum atomic E-state index is -0.656. The van der Waals surface area contributed by atoms with Crippen LogP contribution in [0.2, 0.25) is 0 Å². The van der Waals surface area contributed by atoms with Crippen LogP contribution in [0.1, 0.15) is 86.5 Å². The van der Waals surface area contributed by atoms with E-state index in [-0.39, 0.29) is 17.4 Å². The van der Waals surface area contributed by atoms with E-state index >= 15 is 0 Å². The molecule has 0 saturated heterocycles. The zero-order valence-corrected chi connectivity index (χ0v) is 20.1. The minimum Gasteiger partial charge on any atom is -0.393 e. The van der Waals surface area contributed by atoms with Crippen molar-refractivity contribution < 1.29 is 10.2 Å². The Kier molecular flexibility index (Phi) is 5.68. The second-order valence-electron chi connectivity index (χ2n) is 12.2. The van der Waals surface area contributed by atoms with Gasteiger partial charge in [-0.05, 0) is 93.3 Å². The van der Waals surface area contributed by atoms with Gasteiger partial charge in [-0.25, -0.2) is 0 Å². The highest BCUT2D eigenvalue weighted by Crippen LogP contribution is 2.65. The number of fused-ring (bicyclic) bond motifs is 5. The number of allylic oxidation sites excluding steroid dienone is 4. The maximum absolute atomic E-state index is 10.3. The van der Waals surface area contributed by atoms with Crippen molar-refractivity contribution in [3.05, 3.63) is 35.5 Å². The average molecular weight is 413 g/mol. The summed E-state index contributed by atoms with van der Waals surface area (Å²) in [6, 6.07) is 0. The van der Waals surface area contributed by atoms with E-state index in [0.29, 0.717) is 23.2 Å². The zero-order chi connectivity index (χ0) is 21.9. The van der Waals surface area contributed by atoms with Crippen molar-refractivity contribution in [1.29, 1.82) is 0 Å². The Morgan fingerprint density at radius 1 is 1.00 bits per heavy atom. The monoisotopic (exact) mass is 412 g/mol. The zero-order valence-electron chi connectivity index (χ0n) is 20.1. The van der Waals surface area contributed by atoms with Crippen LogP contribution in [0, 0.1) is 40.4 Å². The molecule has 0 aromatic rings. The Balaban J connectivity index is 1.56. The lowest BCUT2D eigenvalue weighted by molar-refractivity contribution is 0.0370. The summed E-state index contributed by atoms with van der Waals surface area (Å²) in [5.74, 6) is 2.85. The lowest BCUT2D eigenvalue weighted by atomic mass is 9.50. The van der Waals surface area contributed by atoms with E-state index < -0.39 is 5.60 Å². The van der Waals surface area contributed by atoms with Crippen molar-refractivity contribution in [2.75, 3.05) is 0 Å². The maximum atomic E-state index is 10.3. The van der Waals surface area contributed by atoms with E-state index in [1.54, 1.807) is 5.57 Å². The van der Waals surface area contributed by atoms with E-state index in [1.807, 2.05) is 13.8 Å². The number of hydrogen-bond acceptors (Lipinski definition) is 2. The van der Waals surface area contributed by atoms with Gasteiger partial charge in [0.05, 0.1) is 11.7 Å². The predicted molar refractivity (Wildman–Crippen MR) is 125 cm³/mol. The Morgan fingerprint density at radius 2 is 1.73 bits per heavy atom. The van der Waals surface area contributed by atoms with Gasteiger partial charge in [-0.15, -0.1) is 0 Å². The van der Waals surface area contributed by atoms with Crippen LogP contribution in [0.5, 0.6) is 0 Å². The third-order valence-corrected chi connectivity index (χ3v) is 10.1. The molecule has 0 heterocycles. The molecule has 4 aliphatic rings. The highest BCUT2D eigenvalue weighted by atomic mass is 16.3. The van der Waals surface area contributed by atoms with Crippen LogP contribution >= 0.6 is 0 Å². The lowest BCUT2D eigenvalue weighted by Crippen LogP contribution is -2.46. The molecular weight excluding hydrogens is 368 g/mol. The summed E-state index contributed by atoms with van der Waals surface area (Å²) < 4.78 is 0. The SMILES string of the molecule is CC(/C=C/[C@@H](C)[C@H]1CC[C@H]2C3=CC=C4C[C@@H](O)CC[C@]4(C)[C@H]3CC[C@]12C)C(C)(C)O. The standard InChI is InChI=1S/C28H44O2/c1-18(7-8-19(2)26(3,4)30)23-11-12-24-22-10-9-20-17-21(29)13-15-27(20,5)25(22)14-16-28(23,24)6/h7-10,18-19,21,23-25,29-30H,11-17H2,1-6H3/b8-7+/t18-,19?,21+,23-,24+,25+,27+,28-/m1/s1. The van der Waals surface area contributed by atoms with Gasteiger partial charge in [-0.2, -0.15) is 0 Å². The highest BCUT2D eigenvalue weighted by molar-refractivity contribution is 5.39. The highest BCUT2D eigenvalue weighted by Gasteiger charge is 2.56. The third-order valence-electron chi connectivity index (χ3n) is 10.1. The molecule has 3 fully saturated rings. The first-order valence-electron chi connectivity index (χ1n) is 12.5. The van der Waals surface area contributed by atoms with Gasteiger partial charge in [0.1, 0.15) is 0 Å². The first-order valence-corrected chi connectivity index (χ1v) is 12.5. The quantitative estimate of drug-likeness (QED) is 0.521. The summed E-state index contributed by atoms with van der Waals surface area (Å²) in [6.45, 7) is 13.4. The summed E-state index contributed by atoms with van der Waals surface area (Å²) >= 11 is 0. The molecule has 30 heavy (non-hydrogen) atoms. The largest absolute Gasteiger partial charge is 0.393 e. The Morgan fingerprint density at radius 3 is 2.43 bits per heavy atom. The van der Waals surface area contributed by atoms with Crippen LogP contribution < -0.4 is 0 Å². The van der Waals surface area contributed by atoms with Gasteiger partial charge in [-0.1, -0.05) is 63.1 Å². The molecule has 3 saturated carbocycles. The minimum absolute atomic E-state index is 0.136. The Hall–Kier alpha value is -0.860. The summed E-state index contributed by atoms with van der Waals surface area (Å²) in [7, 11) is 0. The predicted octanol–water partition coefficient (Wildman–Crippen LogP) is 6.45. The van der Waals surface area contributed by atoms with Gasteiger partial charge in [0, 0.05) is 5.92 Å². The molecule has 8 atom stereocenters. The molecule has 1 unspecified atom stereocenters. The van der Waals surface area contributed by atoms with Crippen LogP contribution in [-0.2, 0) is 0 Å². The van der Waals surface area contributed by atoms with Crippen molar-refractivity contribution in [2.45, 2.75) is 98.2 Å². The molecule has 0 radical (unpaired) electrons. The van der Waals surface area contributed by atoms with Crippen molar-refractivity contribution in [3.8, 4) is 0 Å². The fraction of sp³-hybridized carbons (Fsp3) is 0.786. The van der Waals surface area contributed by atoms with Gasteiger partial charge in [0.25, 0.3) is 0 Å². The van der Waals surface area contributed by atoms with Gasteiger partial charge in [0.2, 0.25) is 0 Å². The maximum Gasteiger partial charge on any atom is 0.0651 e. The van der Waals surface area contributed by atoms with Crippen LogP contribution in [0.3, 0.4) is 0 Å². The van der Waals surface area contributed by atoms with Crippen molar-refractivity contribution in [1.82, 2.24) is 0 Å². The van der Waals surface area contributed by atoms with Crippen molar-refractivity contribution >= 4 is 0 Å². The summed E-state index contributed by atoms with van der Waals surface area (Å²) in [4.78, 5) is 0. The normalized spacial score (nSPS) is 43.3. The second-order valence-corrected chi connectivity index (χ2v) is 12.2. The van der Waals surface area contributed by atoms with E-state index in [4.69, 9.17) is 0 Å². The van der Waals surface area contributed by atoms with Crippen molar-refractivity contribution in [3.63, 3.8) is 0 Å². The van der Waals surface area contributed by atoms with Gasteiger partial charge >= 0.3 is 0 Å². The molecule has 2 N–H and O–H groups in total. The van der Waals surface area contributed by atoms with Crippen LogP contribution in [-0.4, -0.2) is 21.9 Å². The van der Waals surface area contributed by atoms with E-state index in [0.717, 1.165) is 25.2 Å². The summed E-state index contributed by atoms with van der Waals surface area (Å²) in [5.41, 5.74) is 3.24. The number of rotatable bonds is 4. The molecule has 0 bridgehead atoms. The molecule has 0 aromatic carbocycles. The molecule has 0 aliphatic heterocycles. The molecule has 168 valence electrons. The fourth-order valence-electron chi connectivity index (χ4n) is 7.60. The number of aliphatic hydroxyl groups excluding tert-OH is 1. The molecular formula is C28H44O2. The first-order chi connectivity index (χ1) is 14.0. The van der Waals surface area contributed by atoms with Crippen LogP contribution in [0.4, 0.5) is 0 Å². The van der Waals surface area contributed by atoms with Crippen LogP contribution in [0.25, 0.3) is 0 Å². The van der Waals surface area contributed by atoms with Crippen LogP contribution in [0.15, 0.2) is 35.5 Å². The van der Waals surface area contributed by atoms with Gasteiger partial charge < -0.3 is 10.2 Å². The van der Waals surface area contributed by atoms with E-state index in [9.17, 15) is 10.2 Å². The molecule has 2 heteroatoms. The topological polar surface area (TPSA) is 40.5 Å². The van der Waals surface area contributed by atoms with E-state index in [2.05, 4.69) is 52.0 Å². The Labute approximate surface area is 184 Å². The molecule has 0 amide bonds. The second kappa shape index (κ2) is 7.62. The van der Waals surface area contributed by atoms with Gasteiger partial charge in [-0.3, -0.25) is 0 Å². The van der Waals surface area contributed by atoms with E-state index in [1.165, 1.54) is 31.3 Å². The molecule has 0 spiro atoms.